The lowest BCUT2D eigenvalue weighted by Crippen LogP contribution is -2.46. The van der Waals surface area contributed by atoms with E-state index in [4.69, 9.17) is 0 Å². The van der Waals surface area contributed by atoms with E-state index in [0.29, 0.717) is 44.6 Å². The van der Waals surface area contributed by atoms with Crippen LogP contribution >= 0.6 is 0 Å². The zero-order valence-corrected chi connectivity index (χ0v) is 14.4. The Morgan fingerprint density at radius 3 is 2.54 bits per heavy atom. The van der Waals surface area contributed by atoms with E-state index in [2.05, 4.69) is 9.88 Å². The van der Waals surface area contributed by atoms with Crippen molar-refractivity contribution in [2.24, 2.45) is 0 Å². The minimum atomic E-state index is -0.786. The van der Waals surface area contributed by atoms with Gasteiger partial charge in [-0.15, -0.1) is 0 Å². The van der Waals surface area contributed by atoms with E-state index in [0.717, 1.165) is 17.1 Å². The molecular formula is C20H21F2N3O. The quantitative estimate of drug-likeness (QED) is 0.779. The summed E-state index contributed by atoms with van der Waals surface area (Å²) in [6.07, 6.45) is 4.95. The van der Waals surface area contributed by atoms with E-state index in [-0.39, 0.29) is 0 Å². The van der Waals surface area contributed by atoms with Gasteiger partial charge in [0, 0.05) is 38.1 Å². The largest absolute Gasteiger partial charge is 0.388 e. The number of hydrogen-bond acceptors (Lipinski definition) is 3. The number of aromatic nitrogens is 2. The molecule has 1 saturated heterocycles. The number of halogens is 2. The van der Waals surface area contributed by atoms with Gasteiger partial charge in [-0.1, -0.05) is 0 Å². The number of pyridine rings is 1. The van der Waals surface area contributed by atoms with Crippen LogP contribution in [-0.4, -0.2) is 38.2 Å². The van der Waals surface area contributed by atoms with Crippen LogP contribution in [0.15, 0.2) is 48.8 Å². The zero-order chi connectivity index (χ0) is 18.1. The molecule has 4 nitrogen and oxygen atoms in total. The van der Waals surface area contributed by atoms with Crippen LogP contribution in [0.1, 0.15) is 18.4 Å². The Labute approximate surface area is 150 Å². The molecule has 3 aromatic rings. The minimum absolute atomic E-state index is 0.487. The van der Waals surface area contributed by atoms with Gasteiger partial charge < -0.3 is 9.67 Å². The van der Waals surface area contributed by atoms with Gasteiger partial charge in [-0.3, -0.25) is 9.88 Å². The molecule has 1 aliphatic rings. The Morgan fingerprint density at radius 2 is 1.81 bits per heavy atom. The molecule has 1 aliphatic heterocycles. The summed E-state index contributed by atoms with van der Waals surface area (Å²) in [5, 5.41) is 11.0. The minimum Gasteiger partial charge on any atom is -0.388 e. The standard InChI is InChI=1S/C20H21F2N3O/c21-16-10-15(11-17(22)12-16)13-24-8-4-20(26,5-9-24)14-25-7-3-18-19(25)2-1-6-23-18/h1-3,6-7,10-12,26H,4-5,8-9,13-14H2. The van der Waals surface area contributed by atoms with Crippen LogP contribution < -0.4 is 0 Å². The third kappa shape index (κ3) is 3.61. The molecule has 0 bridgehead atoms. The number of rotatable bonds is 4. The second-order valence-corrected chi connectivity index (χ2v) is 7.13. The summed E-state index contributed by atoms with van der Waals surface area (Å²) in [5.41, 5.74) is 1.77. The van der Waals surface area contributed by atoms with E-state index in [9.17, 15) is 13.9 Å². The first kappa shape index (κ1) is 17.1. The van der Waals surface area contributed by atoms with E-state index in [1.807, 2.05) is 29.0 Å². The molecule has 0 unspecified atom stereocenters. The summed E-state index contributed by atoms with van der Waals surface area (Å²) in [6, 6.07) is 9.45. The number of fused-ring (bicyclic) bond motifs is 1. The summed E-state index contributed by atoms with van der Waals surface area (Å²) in [7, 11) is 0. The van der Waals surface area contributed by atoms with Crippen molar-refractivity contribution in [3.8, 4) is 0 Å². The summed E-state index contributed by atoms with van der Waals surface area (Å²) < 4.78 is 28.7. The molecule has 136 valence electrons. The number of likely N-dealkylation sites (tertiary alicyclic amines) is 1. The Morgan fingerprint density at radius 1 is 1.08 bits per heavy atom. The molecule has 0 radical (unpaired) electrons. The van der Waals surface area contributed by atoms with Gasteiger partial charge >= 0.3 is 0 Å². The van der Waals surface area contributed by atoms with Crippen LogP contribution in [0.2, 0.25) is 0 Å². The fourth-order valence-corrected chi connectivity index (χ4v) is 3.72. The topological polar surface area (TPSA) is 41.3 Å². The average Bonchev–Trinajstić information content (AvgIpc) is 2.99. The number of nitrogens with zero attached hydrogens (tertiary/aromatic N) is 3. The van der Waals surface area contributed by atoms with Crippen molar-refractivity contribution < 1.29 is 13.9 Å². The lowest BCUT2D eigenvalue weighted by atomic mass is 9.91. The molecule has 0 saturated carbocycles. The van der Waals surface area contributed by atoms with E-state index >= 15 is 0 Å². The Balaban J connectivity index is 1.40. The number of piperidine rings is 1. The molecule has 0 amide bonds. The first-order valence-electron chi connectivity index (χ1n) is 8.80. The van der Waals surface area contributed by atoms with Gasteiger partial charge in [0.1, 0.15) is 11.6 Å². The number of hydrogen-bond donors (Lipinski definition) is 1. The van der Waals surface area contributed by atoms with Crippen molar-refractivity contribution in [1.82, 2.24) is 14.5 Å². The van der Waals surface area contributed by atoms with Crippen LogP contribution in [0.4, 0.5) is 8.78 Å². The average molecular weight is 357 g/mol. The number of benzene rings is 1. The summed E-state index contributed by atoms with van der Waals surface area (Å²) in [4.78, 5) is 6.44. The summed E-state index contributed by atoms with van der Waals surface area (Å²) in [6.45, 7) is 2.38. The Bertz CT molecular complexity index is 896. The molecule has 4 rings (SSSR count). The van der Waals surface area contributed by atoms with Crippen molar-refractivity contribution >= 4 is 11.0 Å². The molecule has 0 atom stereocenters. The molecule has 1 aromatic carbocycles. The van der Waals surface area contributed by atoms with E-state index in [1.54, 1.807) is 6.20 Å². The van der Waals surface area contributed by atoms with Gasteiger partial charge in [-0.25, -0.2) is 8.78 Å². The lowest BCUT2D eigenvalue weighted by molar-refractivity contribution is -0.0349. The molecule has 0 aliphatic carbocycles. The first-order chi connectivity index (χ1) is 12.5. The smallest absolute Gasteiger partial charge is 0.126 e. The molecule has 2 aromatic heterocycles. The van der Waals surface area contributed by atoms with Crippen molar-refractivity contribution in [2.45, 2.75) is 31.5 Å². The van der Waals surface area contributed by atoms with E-state index in [1.165, 1.54) is 12.1 Å². The van der Waals surface area contributed by atoms with Crippen LogP contribution in [0.5, 0.6) is 0 Å². The fourth-order valence-electron chi connectivity index (χ4n) is 3.72. The van der Waals surface area contributed by atoms with E-state index < -0.39 is 17.2 Å². The van der Waals surface area contributed by atoms with Gasteiger partial charge in [-0.05, 0) is 48.7 Å². The molecule has 26 heavy (non-hydrogen) atoms. The van der Waals surface area contributed by atoms with Gasteiger partial charge in [-0.2, -0.15) is 0 Å². The lowest BCUT2D eigenvalue weighted by Gasteiger charge is -2.38. The molecule has 1 N–H and O–H groups in total. The highest BCUT2D eigenvalue weighted by Gasteiger charge is 2.33. The Kier molecular flexibility index (Phi) is 4.46. The fraction of sp³-hybridized carbons (Fsp3) is 0.350. The maximum absolute atomic E-state index is 13.3. The molecule has 6 heteroatoms. The van der Waals surface area contributed by atoms with Crippen molar-refractivity contribution in [3.05, 3.63) is 66.0 Å². The maximum atomic E-state index is 13.3. The van der Waals surface area contributed by atoms with Crippen molar-refractivity contribution in [3.63, 3.8) is 0 Å². The summed E-state index contributed by atoms with van der Waals surface area (Å²) >= 11 is 0. The Hall–Kier alpha value is -2.31. The van der Waals surface area contributed by atoms with Crippen LogP contribution in [0.3, 0.4) is 0 Å². The highest BCUT2D eigenvalue weighted by molar-refractivity contribution is 5.75. The van der Waals surface area contributed by atoms with Crippen LogP contribution in [0, 0.1) is 11.6 Å². The van der Waals surface area contributed by atoms with Crippen molar-refractivity contribution in [1.29, 1.82) is 0 Å². The van der Waals surface area contributed by atoms with Gasteiger partial charge in [0.2, 0.25) is 0 Å². The van der Waals surface area contributed by atoms with Gasteiger partial charge in [0.25, 0.3) is 0 Å². The normalized spacial score (nSPS) is 17.7. The third-order valence-corrected chi connectivity index (χ3v) is 5.12. The van der Waals surface area contributed by atoms with Crippen LogP contribution in [-0.2, 0) is 13.1 Å². The zero-order valence-electron chi connectivity index (χ0n) is 14.4. The molecule has 3 heterocycles. The van der Waals surface area contributed by atoms with Crippen LogP contribution in [0.25, 0.3) is 11.0 Å². The second-order valence-electron chi connectivity index (χ2n) is 7.13. The highest BCUT2D eigenvalue weighted by Crippen LogP contribution is 2.27. The highest BCUT2D eigenvalue weighted by atomic mass is 19.1. The van der Waals surface area contributed by atoms with Gasteiger partial charge in [0.05, 0.1) is 23.2 Å². The maximum Gasteiger partial charge on any atom is 0.126 e. The molecular weight excluding hydrogens is 336 g/mol. The summed E-state index contributed by atoms with van der Waals surface area (Å²) in [5.74, 6) is -1.11. The number of aliphatic hydroxyl groups is 1. The SMILES string of the molecule is OC1(Cn2ccc3ncccc32)CCN(Cc2cc(F)cc(F)c2)CC1. The monoisotopic (exact) mass is 357 g/mol. The predicted molar refractivity (Wildman–Crippen MR) is 95.6 cm³/mol. The third-order valence-electron chi connectivity index (χ3n) is 5.12. The van der Waals surface area contributed by atoms with Crippen molar-refractivity contribution in [2.75, 3.05) is 13.1 Å². The molecule has 1 fully saturated rings. The first-order valence-corrected chi connectivity index (χ1v) is 8.80. The molecule has 0 spiro atoms. The predicted octanol–water partition coefficient (Wildman–Crippen LogP) is 3.34. The van der Waals surface area contributed by atoms with Gasteiger partial charge in [0.15, 0.2) is 0 Å². The second kappa shape index (κ2) is 6.78.